The highest BCUT2D eigenvalue weighted by Gasteiger charge is 2.21. The first-order valence-corrected chi connectivity index (χ1v) is 7.60. The molecule has 0 aliphatic carbocycles. The standard InChI is InChI=1S/C13H11ClF2N2O2S/c1-7-2-3-9(15)12(4-7)18-21(19,20)13-6-11(17)10(16)5-8(13)14/h2-6,18H,17H2,1H3. The lowest BCUT2D eigenvalue weighted by Gasteiger charge is -2.11. The maximum atomic E-state index is 13.6. The molecule has 0 aliphatic heterocycles. The molecule has 0 amide bonds. The minimum absolute atomic E-state index is 0.228. The summed E-state index contributed by atoms with van der Waals surface area (Å²) in [5.41, 5.74) is 5.40. The van der Waals surface area contributed by atoms with Crippen molar-refractivity contribution in [3.05, 3.63) is 52.6 Å². The summed E-state index contributed by atoms with van der Waals surface area (Å²) in [7, 11) is -4.19. The van der Waals surface area contributed by atoms with Crippen LogP contribution in [0.4, 0.5) is 20.2 Å². The van der Waals surface area contributed by atoms with Crippen molar-refractivity contribution < 1.29 is 17.2 Å². The Kier molecular flexibility index (Phi) is 4.06. The Morgan fingerprint density at radius 2 is 1.81 bits per heavy atom. The van der Waals surface area contributed by atoms with Gasteiger partial charge in [0.15, 0.2) is 0 Å². The summed E-state index contributed by atoms with van der Waals surface area (Å²) >= 11 is 5.71. The highest BCUT2D eigenvalue weighted by Crippen LogP contribution is 2.28. The fourth-order valence-corrected chi connectivity index (χ4v) is 3.28. The number of nitrogens with one attached hydrogen (secondary N) is 1. The van der Waals surface area contributed by atoms with Gasteiger partial charge in [-0.2, -0.15) is 0 Å². The molecule has 0 unspecified atom stereocenters. The smallest absolute Gasteiger partial charge is 0.263 e. The van der Waals surface area contributed by atoms with E-state index in [0.29, 0.717) is 5.56 Å². The number of hydrogen-bond donors (Lipinski definition) is 2. The summed E-state index contributed by atoms with van der Waals surface area (Å²) in [6.45, 7) is 1.68. The van der Waals surface area contributed by atoms with Gasteiger partial charge in [-0.3, -0.25) is 4.72 Å². The van der Waals surface area contributed by atoms with Crippen LogP contribution in [-0.2, 0) is 10.0 Å². The van der Waals surface area contributed by atoms with Crippen LogP contribution in [0.15, 0.2) is 35.2 Å². The molecule has 0 spiro atoms. The first-order valence-electron chi connectivity index (χ1n) is 5.74. The van der Waals surface area contributed by atoms with Crippen LogP contribution in [0.2, 0.25) is 5.02 Å². The van der Waals surface area contributed by atoms with Crippen molar-refractivity contribution in [1.29, 1.82) is 0 Å². The second-order valence-electron chi connectivity index (χ2n) is 4.39. The average molecular weight is 333 g/mol. The van der Waals surface area contributed by atoms with Crippen LogP contribution in [-0.4, -0.2) is 8.42 Å². The summed E-state index contributed by atoms with van der Waals surface area (Å²) in [6.07, 6.45) is 0. The first kappa shape index (κ1) is 15.5. The van der Waals surface area contributed by atoms with Gasteiger partial charge in [0.25, 0.3) is 10.0 Å². The van der Waals surface area contributed by atoms with Crippen LogP contribution in [0, 0.1) is 18.6 Å². The first-order chi connectivity index (χ1) is 9.70. The van der Waals surface area contributed by atoms with Crippen molar-refractivity contribution in [3.8, 4) is 0 Å². The zero-order valence-corrected chi connectivity index (χ0v) is 12.4. The van der Waals surface area contributed by atoms with Gasteiger partial charge in [0.05, 0.1) is 16.4 Å². The van der Waals surface area contributed by atoms with Crippen molar-refractivity contribution >= 4 is 33.0 Å². The molecule has 0 heterocycles. The number of hydrogen-bond acceptors (Lipinski definition) is 3. The lowest BCUT2D eigenvalue weighted by atomic mass is 10.2. The largest absolute Gasteiger partial charge is 0.396 e. The Hall–Kier alpha value is -1.86. The Bertz CT molecular complexity index is 810. The number of nitrogen functional groups attached to an aromatic ring is 1. The van der Waals surface area contributed by atoms with E-state index in [1.807, 2.05) is 0 Å². The SMILES string of the molecule is Cc1ccc(F)c(NS(=O)(=O)c2cc(N)c(F)cc2Cl)c1. The van der Waals surface area contributed by atoms with E-state index in [0.717, 1.165) is 18.2 Å². The molecule has 0 fully saturated rings. The number of rotatable bonds is 3. The molecule has 2 rings (SSSR count). The highest BCUT2D eigenvalue weighted by atomic mass is 35.5. The summed E-state index contributed by atoms with van der Waals surface area (Å²) in [6, 6.07) is 5.63. The summed E-state index contributed by atoms with van der Waals surface area (Å²) in [5.74, 6) is -1.57. The van der Waals surface area contributed by atoms with E-state index >= 15 is 0 Å². The molecule has 2 aromatic rings. The summed E-state index contributed by atoms with van der Waals surface area (Å²) < 4.78 is 53.3. The number of halogens is 3. The molecule has 8 heteroatoms. The third-order valence-electron chi connectivity index (χ3n) is 2.71. The molecular formula is C13H11ClF2N2O2S. The summed E-state index contributed by atoms with van der Waals surface area (Å²) in [5, 5.41) is -0.345. The van der Waals surface area contributed by atoms with Gasteiger partial charge in [-0.25, -0.2) is 17.2 Å². The predicted molar refractivity (Wildman–Crippen MR) is 77.8 cm³/mol. The minimum atomic E-state index is -4.19. The molecule has 0 bridgehead atoms. The van der Waals surface area contributed by atoms with Crippen molar-refractivity contribution in [2.45, 2.75) is 11.8 Å². The third-order valence-corrected chi connectivity index (χ3v) is 4.54. The quantitative estimate of drug-likeness (QED) is 0.847. The number of sulfonamides is 1. The molecule has 4 nitrogen and oxygen atoms in total. The van der Waals surface area contributed by atoms with Crippen LogP contribution < -0.4 is 10.5 Å². The second kappa shape index (κ2) is 5.50. The molecule has 112 valence electrons. The summed E-state index contributed by atoms with van der Waals surface area (Å²) in [4.78, 5) is -0.427. The third kappa shape index (κ3) is 3.25. The van der Waals surface area contributed by atoms with Crippen LogP contribution in [0.3, 0.4) is 0 Å². The molecule has 0 radical (unpaired) electrons. The Balaban J connectivity index is 2.48. The van der Waals surface area contributed by atoms with Crippen LogP contribution >= 0.6 is 11.6 Å². The van der Waals surface area contributed by atoms with E-state index in [1.165, 1.54) is 12.1 Å². The monoisotopic (exact) mass is 332 g/mol. The van der Waals surface area contributed by atoms with Crippen molar-refractivity contribution in [2.75, 3.05) is 10.5 Å². The number of nitrogens with two attached hydrogens (primary N) is 1. The van der Waals surface area contributed by atoms with E-state index < -0.39 is 26.6 Å². The minimum Gasteiger partial charge on any atom is -0.396 e. The van der Waals surface area contributed by atoms with Gasteiger partial charge >= 0.3 is 0 Å². The van der Waals surface area contributed by atoms with Crippen LogP contribution in [0.5, 0.6) is 0 Å². The second-order valence-corrected chi connectivity index (χ2v) is 6.45. The van der Waals surface area contributed by atoms with Gasteiger partial charge in [0, 0.05) is 0 Å². The zero-order chi connectivity index (χ0) is 15.8. The van der Waals surface area contributed by atoms with Crippen molar-refractivity contribution in [3.63, 3.8) is 0 Å². The molecule has 0 saturated carbocycles. The van der Waals surface area contributed by atoms with E-state index in [9.17, 15) is 17.2 Å². The predicted octanol–water partition coefficient (Wildman–Crippen LogP) is 3.31. The van der Waals surface area contributed by atoms with E-state index in [-0.39, 0.29) is 16.4 Å². The maximum absolute atomic E-state index is 13.6. The molecule has 0 aromatic heterocycles. The Morgan fingerprint density at radius 3 is 2.48 bits per heavy atom. The number of aryl methyl sites for hydroxylation is 1. The molecule has 2 aromatic carbocycles. The lowest BCUT2D eigenvalue weighted by molar-refractivity contribution is 0.597. The molecule has 0 saturated heterocycles. The van der Waals surface area contributed by atoms with Gasteiger partial charge in [0.2, 0.25) is 0 Å². The fourth-order valence-electron chi connectivity index (χ4n) is 1.67. The molecule has 21 heavy (non-hydrogen) atoms. The Labute approximate surface area is 125 Å². The molecule has 0 aliphatic rings. The molecule has 3 N–H and O–H groups in total. The normalized spacial score (nSPS) is 11.4. The highest BCUT2D eigenvalue weighted by molar-refractivity contribution is 7.92. The lowest BCUT2D eigenvalue weighted by Crippen LogP contribution is -2.15. The molecule has 0 atom stereocenters. The van der Waals surface area contributed by atoms with Crippen LogP contribution in [0.1, 0.15) is 5.56 Å². The van der Waals surface area contributed by atoms with Crippen LogP contribution in [0.25, 0.3) is 0 Å². The number of anilines is 2. The van der Waals surface area contributed by atoms with Crippen molar-refractivity contribution in [1.82, 2.24) is 0 Å². The van der Waals surface area contributed by atoms with E-state index in [1.54, 1.807) is 6.92 Å². The van der Waals surface area contributed by atoms with E-state index in [2.05, 4.69) is 4.72 Å². The van der Waals surface area contributed by atoms with Gasteiger partial charge < -0.3 is 5.73 Å². The average Bonchev–Trinajstić information content (AvgIpc) is 2.37. The maximum Gasteiger partial charge on any atom is 0.263 e. The topological polar surface area (TPSA) is 72.2 Å². The Morgan fingerprint density at radius 1 is 1.14 bits per heavy atom. The van der Waals surface area contributed by atoms with E-state index in [4.69, 9.17) is 17.3 Å². The van der Waals surface area contributed by atoms with Crippen molar-refractivity contribution in [2.24, 2.45) is 0 Å². The molecular weight excluding hydrogens is 322 g/mol. The number of benzene rings is 2. The van der Waals surface area contributed by atoms with Gasteiger partial charge in [0.1, 0.15) is 16.5 Å². The fraction of sp³-hybridized carbons (Fsp3) is 0.0769. The van der Waals surface area contributed by atoms with Gasteiger partial charge in [-0.05, 0) is 36.8 Å². The zero-order valence-electron chi connectivity index (χ0n) is 10.8. The van der Waals surface area contributed by atoms with Gasteiger partial charge in [-0.1, -0.05) is 17.7 Å². The van der Waals surface area contributed by atoms with Gasteiger partial charge in [-0.15, -0.1) is 0 Å².